The Bertz CT molecular complexity index is 382. The van der Waals surface area contributed by atoms with Gasteiger partial charge in [0.05, 0.1) is 0 Å². The molecule has 1 nitrogen and oxygen atoms in total. The minimum absolute atomic E-state index is 0.199. The van der Waals surface area contributed by atoms with Crippen LogP contribution in [-0.2, 0) is 11.8 Å². The van der Waals surface area contributed by atoms with Gasteiger partial charge in [0.25, 0.3) is 0 Å². The van der Waals surface area contributed by atoms with E-state index in [9.17, 15) is 17.6 Å². The fraction of sp³-hybridized carbons (Fsp3) is 0.455. The van der Waals surface area contributed by atoms with Crippen LogP contribution in [0.25, 0.3) is 0 Å². The Labute approximate surface area is 105 Å². The van der Waals surface area contributed by atoms with Crippen molar-refractivity contribution in [2.75, 3.05) is 0 Å². The van der Waals surface area contributed by atoms with Crippen molar-refractivity contribution in [2.45, 2.75) is 31.2 Å². The van der Waals surface area contributed by atoms with E-state index in [1.165, 1.54) is 6.07 Å². The van der Waals surface area contributed by atoms with Crippen molar-refractivity contribution in [2.24, 2.45) is 0 Å². The zero-order valence-electron chi connectivity index (χ0n) is 9.02. The van der Waals surface area contributed by atoms with E-state index in [0.29, 0.717) is 22.9 Å². The van der Waals surface area contributed by atoms with Gasteiger partial charge in [-0.25, -0.2) is 0 Å². The molecule has 0 aromatic heterocycles. The van der Waals surface area contributed by atoms with Crippen LogP contribution in [0.4, 0.5) is 17.6 Å². The number of ether oxygens (including phenoxy) is 1. The summed E-state index contributed by atoms with van der Waals surface area (Å²) in [6.07, 6.45) is -7.88. The molecule has 0 spiro atoms. The molecule has 1 aromatic carbocycles. The lowest BCUT2D eigenvalue weighted by Crippen LogP contribution is -2.33. The van der Waals surface area contributed by atoms with Crippen molar-refractivity contribution in [1.82, 2.24) is 0 Å². The van der Waals surface area contributed by atoms with E-state index in [1.54, 1.807) is 19.1 Å². The summed E-state index contributed by atoms with van der Waals surface area (Å²) < 4.78 is 53.8. The fourth-order valence-electron chi connectivity index (χ4n) is 1.26. The maximum atomic E-state index is 12.8. The zero-order chi connectivity index (χ0) is 13.1. The minimum atomic E-state index is -4.46. The van der Waals surface area contributed by atoms with Gasteiger partial charge < -0.3 is 4.74 Å². The van der Waals surface area contributed by atoms with Crippen LogP contribution in [0.1, 0.15) is 18.1 Å². The maximum absolute atomic E-state index is 12.8. The Hall–Kier alpha value is -0.780. The Kier molecular flexibility index (Phi) is 4.80. The summed E-state index contributed by atoms with van der Waals surface area (Å²) in [5.41, 5.74) is 1.15. The molecule has 0 heterocycles. The van der Waals surface area contributed by atoms with Gasteiger partial charge in [0.1, 0.15) is 5.75 Å². The van der Waals surface area contributed by atoms with Crippen molar-refractivity contribution >= 4 is 15.9 Å². The molecule has 0 atom stereocenters. The molecular formula is C11H11BrF4O. The molecule has 0 amide bonds. The zero-order valence-corrected chi connectivity index (χ0v) is 10.6. The molecule has 0 fully saturated rings. The van der Waals surface area contributed by atoms with E-state index in [1.807, 2.05) is 0 Å². The number of benzene rings is 1. The van der Waals surface area contributed by atoms with Gasteiger partial charge in [-0.1, -0.05) is 35.0 Å². The van der Waals surface area contributed by atoms with E-state index >= 15 is 0 Å². The largest absolute Gasteiger partial charge is 0.461 e. The predicted octanol–water partition coefficient (Wildman–Crippen LogP) is 4.38. The highest BCUT2D eigenvalue weighted by Crippen LogP contribution is 2.31. The van der Waals surface area contributed by atoms with Gasteiger partial charge in [0.15, 0.2) is 0 Å². The van der Waals surface area contributed by atoms with Crippen LogP contribution < -0.4 is 4.74 Å². The first-order valence-corrected chi connectivity index (χ1v) is 6.05. The highest BCUT2D eigenvalue weighted by molar-refractivity contribution is 9.08. The molecule has 0 aliphatic rings. The molecule has 0 aliphatic heterocycles. The fourth-order valence-corrected chi connectivity index (χ4v) is 1.61. The van der Waals surface area contributed by atoms with Gasteiger partial charge in [0.2, 0.25) is 0 Å². The predicted molar refractivity (Wildman–Crippen MR) is 60.0 cm³/mol. The van der Waals surface area contributed by atoms with Gasteiger partial charge in [-0.05, 0) is 23.6 Å². The lowest BCUT2D eigenvalue weighted by Gasteiger charge is -2.19. The Morgan fingerprint density at radius 3 is 2.47 bits per heavy atom. The van der Waals surface area contributed by atoms with E-state index in [4.69, 9.17) is 0 Å². The number of rotatable bonds is 5. The van der Waals surface area contributed by atoms with Crippen molar-refractivity contribution in [3.05, 3.63) is 29.3 Å². The molecule has 0 saturated carbocycles. The van der Waals surface area contributed by atoms with Crippen molar-refractivity contribution < 1.29 is 22.3 Å². The Morgan fingerprint density at radius 2 is 2.00 bits per heavy atom. The molecule has 1 rings (SSSR count). The lowest BCUT2D eigenvalue weighted by atomic mass is 10.1. The first kappa shape index (κ1) is 14.3. The second kappa shape index (κ2) is 5.71. The summed E-state index contributed by atoms with van der Waals surface area (Å²) in [5.74, 6) is -0.199. The molecular weight excluding hydrogens is 304 g/mol. The molecule has 0 unspecified atom stereocenters. The SMILES string of the molecule is CCc1ccc(CBr)cc1OC(F)(F)C(F)F. The minimum Gasteiger partial charge on any atom is -0.428 e. The standard InChI is InChI=1S/C11H11BrF4O/c1-2-8-4-3-7(6-12)5-9(8)17-11(15,16)10(13)14/h3-5,10H,2,6H2,1H3. The number of halogens is 5. The van der Waals surface area contributed by atoms with Crippen LogP contribution in [0.3, 0.4) is 0 Å². The third-order valence-electron chi connectivity index (χ3n) is 2.17. The molecule has 0 saturated heterocycles. The summed E-state index contributed by atoms with van der Waals surface area (Å²) in [5, 5.41) is 0.438. The molecule has 0 radical (unpaired) electrons. The number of aryl methyl sites for hydroxylation is 1. The van der Waals surface area contributed by atoms with Crippen LogP contribution in [-0.4, -0.2) is 12.5 Å². The van der Waals surface area contributed by atoms with E-state index in [2.05, 4.69) is 20.7 Å². The monoisotopic (exact) mass is 314 g/mol. The Morgan fingerprint density at radius 1 is 1.35 bits per heavy atom. The highest BCUT2D eigenvalue weighted by atomic mass is 79.9. The van der Waals surface area contributed by atoms with Crippen LogP contribution in [0.5, 0.6) is 5.75 Å². The van der Waals surface area contributed by atoms with E-state index < -0.39 is 12.5 Å². The highest BCUT2D eigenvalue weighted by Gasteiger charge is 2.44. The third-order valence-corrected chi connectivity index (χ3v) is 2.81. The maximum Gasteiger partial charge on any atom is 0.461 e. The van der Waals surface area contributed by atoms with Crippen LogP contribution in [0.15, 0.2) is 18.2 Å². The summed E-state index contributed by atoms with van der Waals surface area (Å²) in [4.78, 5) is 0. The molecule has 0 bridgehead atoms. The molecule has 17 heavy (non-hydrogen) atoms. The lowest BCUT2D eigenvalue weighted by molar-refractivity contribution is -0.253. The van der Waals surface area contributed by atoms with Gasteiger partial charge in [-0.15, -0.1) is 0 Å². The first-order valence-electron chi connectivity index (χ1n) is 4.93. The Balaban J connectivity index is 3.03. The van der Waals surface area contributed by atoms with Crippen LogP contribution in [0.2, 0.25) is 0 Å². The van der Waals surface area contributed by atoms with Crippen LogP contribution >= 0.6 is 15.9 Å². The summed E-state index contributed by atoms with van der Waals surface area (Å²) in [7, 11) is 0. The van der Waals surface area contributed by atoms with Gasteiger partial charge in [-0.2, -0.15) is 17.6 Å². The average Bonchev–Trinajstić information content (AvgIpc) is 2.28. The quantitative estimate of drug-likeness (QED) is 0.579. The molecule has 0 aliphatic carbocycles. The number of alkyl halides is 5. The first-order chi connectivity index (χ1) is 7.90. The molecule has 1 aromatic rings. The normalized spacial score (nSPS) is 11.9. The van der Waals surface area contributed by atoms with E-state index in [0.717, 1.165) is 0 Å². The topological polar surface area (TPSA) is 9.23 Å². The van der Waals surface area contributed by atoms with Gasteiger partial charge >= 0.3 is 12.5 Å². The summed E-state index contributed by atoms with van der Waals surface area (Å²) in [6.45, 7) is 1.73. The van der Waals surface area contributed by atoms with Crippen molar-refractivity contribution in [3.63, 3.8) is 0 Å². The molecule has 96 valence electrons. The molecule has 6 heteroatoms. The number of hydrogen-bond donors (Lipinski definition) is 0. The van der Waals surface area contributed by atoms with Crippen molar-refractivity contribution in [3.8, 4) is 5.75 Å². The van der Waals surface area contributed by atoms with E-state index in [-0.39, 0.29) is 5.75 Å². The van der Waals surface area contributed by atoms with Crippen molar-refractivity contribution in [1.29, 1.82) is 0 Å². The van der Waals surface area contributed by atoms with Gasteiger partial charge in [-0.3, -0.25) is 0 Å². The summed E-state index contributed by atoms with van der Waals surface area (Å²) >= 11 is 3.16. The second-order valence-electron chi connectivity index (χ2n) is 3.39. The smallest absolute Gasteiger partial charge is 0.428 e. The summed E-state index contributed by atoms with van der Waals surface area (Å²) in [6, 6.07) is 4.65. The third kappa shape index (κ3) is 3.59. The second-order valence-corrected chi connectivity index (χ2v) is 3.95. The molecule has 0 N–H and O–H groups in total. The average molecular weight is 315 g/mol. The number of hydrogen-bond acceptors (Lipinski definition) is 1. The van der Waals surface area contributed by atoms with Crippen LogP contribution in [0, 0.1) is 0 Å². The van der Waals surface area contributed by atoms with Gasteiger partial charge in [0, 0.05) is 5.33 Å².